The molecule has 144 valence electrons. The van der Waals surface area contributed by atoms with E-state index in [0.29, 0.717) is 18.0 Å². The maximum atomic E-state index is 12.9. The molecular weight excluding hydrogens is 369 g/mol. The van der Waals surface area contributed by atoms with Gasteiger partial charge in [-0.05, 0) is 41.8 Å². The van der Waals surface area contributed by atoms with Crippen LogP contribution in [0.5, 0.6) is 0 Å². The van der Waals surface area contributed by atoms with Crippen molar-refractivity contribution in [2.75, 3.05) is 0 Å². The molecule has 3 amide bonds. The molecule has 7 heteroatoms. The first kappa shape index (κ1) is 20.7. The summed E-state index contributed by atoms with van der Waals surface area (Å²) in [6, 6.07) is 12.0. The molecule has 0 fully saturated rings. The highest BCUT2D eigenvalue weighted by atomic mass is 35.5. The van der Waals surface area contributed by atoms with Gasteiger partial charge in [-0.1, -0.05) is 49.2 Å². The number of hydrogen-bond donors (Lipinski definition) is 3. The topological polar surface area (TPSA) is 70.2 Å². The van der Waals surface area contributed by atoms with Gasteiger partial charge < -0.3 is 16.0 Å². The monoisotopic (exact) mass is 391 g/mol. The van der Waals surface area contributed by atoms with Crippen LogP contribution in [0.15, 0.2) is 48.5 Å². The molecule has 0 spiro atoms. The summed E-state index contributed by atoms with van der Waals surface area (Å²) in [6.45, 7) is 2.52. The van der Waals surface area contributed by atoms with E-state index in [1.165, 1.54) is 12.1 Å². The fraction of sp³-hybridized carbons (Fsp3) is 0.300. The summed E-state index contributed by atoms with van der Waals surface area (Å²) < 4.78 is 12.9. The first-order chi connectivity index (χ1) is 13.0. The van der Waals surface area contributed by atoms with Crippen LogP contribution in [0.3, 0.4) is 0 Å². The van der Waals surface area contributed by atoms with Crippen molar-refractivity contribution >= 4 is 23.5 Å². The Balaban J connectivity index is 1.84. The average Bonchev–Trinajstić information content (AvgIpc) is 2.65. The first-order valence-electron chi connectivity index (χ1n) is 8.79. The van der Waals surface area contributed by atoms with Crippen molar-refractivity contribution in [3.05, 3.63) is 70.5 Å². The highest BCUT2D eigenvalue weighted by Gasteiger charge is 2.19. The Morgan fingerprint density at radius 2 is 1.74 bits per heavy atom. The van der Waals surface area contributed by atoms with Crippen molar-refractivity contribution in [2.45, 2.75) is 38.9 Å². The van der Waals surface area contributed by atoms with Gasteiger partial charge in [-0.15, -0.1) is 0 Å². The predicted molar refractivity (Wildman–Crippen MR) is 104 cm³/mol. The number of hydrogen-bond acceptors (Lipinski definition) is 2. The number of carbonyl (C=O) groups excluding carboxylic acids is 2. The molecule has 0 aliphatic carbocycles. The zero-order chi connectivity index (χ0) is 19.6. The van der Waals surface area contributed by atoms with Crippen LogP contribution in [-0.4, -0.2) is 18.0 Å². The van der Waals surface area contributed by atoms with E-state index < -0.39 is 12.1 Å². The minimum atomic E-state index is -0.637. The Morgan fingerprint density at radius 1 is 1.04 bits per heavy atom. The highest BCUT2D eigenvalue weighted by Crippen LogP contribution is 2.10. The third-order valence-electron chi connectivity index (χ3n) is 3.92. The summed E-state index contributed by atoms with van der Waals surface area (Å²) in [6.07, 6.45) is 1.26. The van der Waals surface area contributed by atoms with Crippen LogP contribution in [0.25, 0.3) is 0 Å². The number of benzene rings is 2. The maximum absolute atomic E-state index is 12.9. The Hall–Kier alpha value is -2.60. The quantitative estimate of drug-likeness (QED) is 0.641. The SMILES string of the molecule is CCCC(NC(=O)NCc1ccc(F)cc1)C(=O)NCc1cccc(Cl)c1. The summed E-state index contributed by atoms with van der Waals surface area (Å²) in [4.78, 5) is 24.5. The number of nitrogens with one attached hydrogen (secondary N) is 3. The van der Waals surface area contributed by atoms with Crippen molar-refractivity contribution in [3.63, 3.8) is 0 Å². The van der Waals surface area contributed by atoms with Crippen LogP contribution in [0.1, 0.15) is 30.9 Å². The van der Waals surface area contributed by atoms with Crippen LogP contribution in [0, 0.1) is 5.82 Å². The van der Waals surface area contributed by atoms with E-state index in [2.05, 4.69) is 16.0 Å². The summed E-state index contributed by atoms with van der Waals surface area (Å²) in [5.74, 6) is -0.587. The van der Waals surface area contributed by atoms with E-state index in [1.807, 2.05) is 19.1 Å². The van der Waals surface area contributed by atoms with E-state index >= 15 is 0 Å². The fourth-order valence-electron chi connectivity index (χ4n) is 2.51. The number of amides is 3. The second-order valence-corrected chi connectivity index (χ2v) is 6.58. The number of urea groups is 1. The predicted octanol–water partition coefficient (Wildman–Crippen LogP) is 3.76. The van der Waals surface area contributed by atoms with E-state index in [-0.39, 0.29) is 18.3 Å². The largest absolute Gasteiger partial charge is 0.350 e. The molecule has 0 radical (unpaired) electrons. The Bertz CT molecular complexity index is 768. The molecule has 0 saturated heterocycles. The molecule has 2 aromatic rings. The third kappa shape index (κ3) is 7.27. The lowest BCUT2D eigenvalue weighted by Crippen LogP contribution is -2.49. The van der Waals surface area contributed by atoms with Gasteiger partial charge >= 0.3 is 6.03 Å². The summed E-state index contributed by atoms with van der Waals surface area (Å²) in [7, 11) is 0. The van der Waals surface area contributed by atoms with Crippen LogP contribution >= 0.6 is 11.6 Å². The van der Waals surface area contributed by atoms with E-state index in [0.717, 1.165) is 17.5 Å². The summed E-state index contributed by atoms with van der Waals surface area (Å²) >= 11 is 5.94. The molecule has 0 aromatic heterocycles. The van der Waals surface area contributed by atoms with Crippen LogP contribution in [-0.2, 0) is 17.9 Å². The highest BCUT2D eigenvalue weighted by molar-refractivity contribution is 6.30. The molecule has 0 aliphatic heterocycles. The number of carbonyl (C=O) groups is 2. The van der Waals surface area contributed by atoms with Crippen molar-refractivity contribution in [1.82, 2.24) is 16.0 Å². The van der Waals surface area contributed by atoms with E-state index in [1.54, 1.807) is 24.3 Å². The van der Waals surface area contributed by atoms with Crippen LogP contribution in [0.2, 0.25) is 5.02 Å². The zero-order valence-corrected chi connectivity index (χ0v) is 15.9. The first-order valence-corrected chi connectivity index (χ1v) is 9.16. The molecule has 2 rings (SSSR count). The van der Waals surface area contributed by atoms with E-state index in [9.17, 15) is 14.0 Å². The Kier molecular flexibility index (Phi) is 8.07. The molecule has 0 heterocycles. The van der Waals surface area contributed by atoms with Crippen molar-refractivity contribution < 1.29 is 14.0 Å². The van der Waals surface area contributed by atoms with Gasteiger partial charge in [0, 0.05) is 18.1 Å². The second kappa shape index (κ2) is 10.5. The molecule has 0 bridgehead atoms. The van der Waals surface area contributed by atoms with Gasteiger partial charge in [0.25, 0.3) is 0 Å². The fourth-order valence-corrected chi connectivity index (χ4v) is 2.72. The molecule has 2 aromatic carbocycles. The minimum absolute atomic E-state index is 0.245. The molecule has 3 N–H and O–H groups in total. The van der Waals surface area contributed by atoms with Crippen LogP contribution < -0.4 is 16.0 Å². The van der Waals surface area contributed by atoms with Crippen molar-refractivity contribution in [1.29, 1.82) is 0 Å². The molecule has 1 unspecified atom stereocenters. The van der Waals surface area contributed by atoms with Gasteiger partial charge in [0.1, 0.15) is 11.9 Å². The average molecular weight is 392 g/mol. The third-order valence-corrected chi connectivity index (χ3v) is 4.16. The summed E-state index contributed by atoms with van der Waals surface area (Å²) in [5, 5.41) is 8.77. The zero-order valence-electron chi connectivity index (χ0n) is 15.1. The second-order valence-electron chi connectivity index (χ2n) is 6.14. The van der Waals surface area contributed by atoms with Crippen molar-refractivity contribution in [2.24, 2.45) is 0 Å². The Labute approximate surface area is 163 Å². The lowest BCUT2D eigenvalue weighted by molar-refractivity contribution is -0.123. The van der Waals surface area contributed by atoms with Gasteiger partial charge in [-0.25, -0.2) is 9.18 Å². The molecular formula is C20H23ClFN3O2. The number of rotatable bonds is 8. The molecule has 0 saturated carbocycles. The molecule has 0 aliphatic rings. The lowest BCUT2D eigenvalue weighted by atomic mass is 10.1. The maximum Gasteiger partial charge on any atom is 0.315 e. The van der Waals surface area contributed by atoms with Crippen molar-refractivity contribution in [3.8, 4) is 0 Å². The Morgan fingerprint density at radius 3 is 2.41 bits per heavy atom. The lowest BCUT2D eigenvalue weighted by Gasteiger charge is -2.18. The summed E-state index contributed by atoms with van der Waals surface area (Å²) in [5.41, 5.74) is 1.65. The van der Waals surface area contributed by atoms with Gasteiger partial charge in [0.05, 0.1) is 0 Å². The van der Waals surface area contributed by atoms with Gasteiger partial charge in [-0.3, -0.25) is 4.79 Å². The van der Waals surface area contributed by atoms with E-state index in [4.69, 9.17) is 11.6 Å². The molecule has 5 nitrogen and oxygen atoms in total. The minimum Gasteiger partial charge on any atom is -0.350 e. The van der Waals surface area contributed by atoms with Crippen LogP contribution in [0.4, 0.5) is 9.18 Å². The molecule has 1 atom stereocenters. The molecule has 27 heavy (non-hydrogen) atoms. The van der Waals surface area contributed by atoms with Gasteiger partial charge in [0.15, 0.2) is 0 Å². The standard InChI is InChI=1S/C20H23ClFN3O2/c1-2-4-18(19(26)23-13-15-5-3-6-16(21)11-15)25-20(27)24-12-14-7-9-17(22)10-8-14/h3,5-11,18H,2,4,12-13H2,1H3,(H,23,26)(H2,24,25,27). The smallest absolute Gasteiger partial charge is 0.315 e. The van der Waals surface area contributed by atoms with Gasteiger partial charge in [-0.2, -0.15) is 0 Å². The van der Waals surface area contributed by atoms with Gasteiger partial charge in [0.2, 0.25) is 5.91 Å². The normalized spacial score (nSPS) is 11.5. The number of halogens is 2.